The van der Waals surface area contributed by atoms with Gasteiger partial charge in [-0.2, -0.15) is 0 Å². The molecule has 1 aliphatic rings. The number of amides is 1. The highest BCUT2D eigenvalue weighted by Crippen LogP contribution is 2.34. The summed E-state index contributed by atoms with van der Waals surface area (Å²) < 4.78 is 2.33. The summed E-state index contributed by atoms with van der Waals surface area (Å²) in [5.41, 5.74) is 3.89. The molecule has 0 radical (unpaired) electrons. The molecule has 1 heterocycles. The van der Waals surface area contributed by atoms with Crippen LogP contribution in [0.15, 0.2) is 30.3 Å². The zero-order valence-electron chi connectivity index (χ0n) is 16.6. The standard InChI is InChI=1S/C23H31ClN2O/c1-3-4-14-25-23(27)20-15-22(19-12-8-9-13-21(19)24)26(17(20)2)16-18-10-6-5-7-11-18/h8-9,12-13,15,18H,3-7,10-11,14,16H2,1-2H3,(H,25,27). The molecule has 1 saturated carbocycles. The second kappa shape index (κ2) is 9.45. The Hall–Kier alpha value is -1.74. The monoisotopic (exact) mass is 386 g/mol. The minimum absolute atomic E-state index is 0.0247. The maximum absolute atomic E-state index is 12.8. The Bertz CT molecular complexity index is 775. The Balaban J connectivity index is 1.95. The SMILES string of the molecule is CCCCNC(=O)c1cc(-c2ccccc2Cl)n(CC2CCCCC2)c1C. The van der Waals surface area contributed by atoms with Gasteiger partial charge in [0, 0.05) is 29.4 Å². The van der Waals surface area contributed by atoms with Crippen molar-refractivity contribution in [2.45, 2.75) is 65.3 Å². The van der Waals surface area contributed by atoms with Crippen LogP contribution in [0.3, 0.4) is 0 Å². The normalized spacial score (nSPS) is 15.1. The first-order chi connectivity index (χ1) is 13.1. The van der Waals surface area contributed by atoms with Gasteiger partial charge < -0.3 is 9.88 Å². The van der Waals surface area contributed by atoms with E-state index in [1.807, 2.05) is 30.3 Å². The summed E-state index contributed by atoms with van der Waals surface area (Å²) in [4.78, 5) is 12.8. The van der Waals surface area contributed by atoms with Gasteiger partial charge in [-0.3, -0.25) is 4.79 Å². The molecule has 0 atom stereocenters. The van der Waals surface area contributed by atoms with Gasteiger partial charge in [-0.05, 0) is 44.2 Å². The van der Waals surface area contributed by atoms with Crippen molar-refractivity contribution in [2.24, 2.45) is 5.92 Å². The zero-order chi connectivity index (χ0) is 19.2. The smallest absolute Gasteiger partial charge is 0.253 e. The van der Waals surface area contributed by atoms with Crippen molar-refractivity contribution in [3.05, 3.63) is 46.6 Å². The predicted octanol–water partition coefficient (Wildman–Crippen LogP) is 6.23. The highest BCUT2D eigenvalue weighted by Gasteiger charge is 2.22. The van der Waals surface area contributed by atoms with E-state index in [4.69, 9.17) is 11.6 Å². The summed E-state index contributed by atoms with van der Waals surface area (Å²) in [5, 5.41) is 3.80. The van der Waals surface area contributed by atoms with Crippen molar-refractivity contribution >= 4 is 17.5 Å². The molecule has 1 aliphatic carbocycles. The molecule has 4 heteroatoms. The predicted molar refractivity (Wildman–Crippen MR) is 113 cm³/mol. The van der Waals surface area contributed by atoms with Crippen LogP contribution in [0, 0.1) is 12.8 Å². The molecule has 3 rings (SSSR count). The molecule has 1 fully saturated rings. The van der Waals surface area contributed by atoms with Crippen LogP contribution in [0.1, 0.15) is 67.9 Å². The Morgan fingerprint density at radius 2 is 1.96 bits per heavy atom. The number of halogens is 1. The van der Waals surface area contributed by atoms with Crippen molar-refractivity contribution in [2.75, 3.05) is 6.54 Å². The number of carbonyl (C=O) groups excluding carboxylic acids is 1. The summed E-state index contributed by atoms with van der Waals surface area (Å²) in [6.07, 6.45) is 8.62. The maximum Gasteiger partial charge on any atom is 0.253 e. The highest BCUT2D eigenvalue weighted by atomic mass is 35.5. The second-order valence-electron chi connectivity index (χ2n) is 7.73. The van der Waals surface area contributed by atoms with Gasteiger partial charge in [-0.1, -0.05) is 62.4 Å². The van der Waals surface area contributed by atoms with Crippen LogP contribution in [-0.2, 0) is 6.54 Å². The fourth-order valence-electron chi connectivity index (χ4n) is 4.10. The first kappa shape index (κ1) is 20.0. The number of nitrogens with zero attached hydrogens (tertiary/aromatic N) is 1. The molecule has 3 nitrogen and oxygen atoms in total. The Morgan fingerprint density at radius 3 is 2.67 bits per heavy atom. The molecule has 0 unspecified atom stereocenters. The average molecular weight is 387 g/mol. The van der Waals surface area contributed by atoms with Crippen molar-refractivity contribution in [3.63, 3.8) is 0 Å². The molecular weight excluding hydrogens is 356 g/mol. The minimum atomic E-state index is 0.0247. The zero-order valence-corrected chi connectivity index (χ0v) is 17.3. The molecule has 2 aromatic rings. The Morgan fingerprint density at radius 1 is 1.22 bits per heavy atom. The molecule has 1 aromatic heterocycles. The number of benzene rings is 1. The fraction of sp³-hybridized carbons (Fsp3) is 0.522. The lowest BCUT2D eigenvalue weighted by atomic mass is 9.89. The van der Waals surface area contributed by atoms with E-state index >= 15 is 0 Å². The van der Waals surface area contributed by atoms with Crippen LogP contribution in [-0.4, -0.2) is 17.0 Å². The van der Waals surface area contributed by atoms with Crippen molar-refractivity contribution in [1.29, 1.82) is 0 Å². The lowest BCUT2D eigenvalue weighted by Crippen LogP contribution is -2.25. The van der Waals surface area contributed by atoms with Gasteiger partial charge in [0.15, 0.2) is 0 Å². The first-order valence-electron chi connectivity index (χ1n) is 10.3. The van der Waals surface area contributed by atoms with Crippen LogP contribution in [0.5, 0.6) is 0 Å². The Labute approximate surface area is 168 Å². The van der Waals surface area contributed by atoms with E-state index in [0.29, 0.717) is 5.92 Å². The van der Waals surface area contributed by atoms with Crippen LogP contribution < -0.4 is 5.32 Å². The molecule has 0 bridgehead atoms. The lowest BCUT2D eigenvalue weighted by Gasteiger charge is -2.24. The summed E-state index contributed by atoms with van der Waals surface area (Å²) in [6.45, 7) is 5.89. The van der Waals surface area contributed by atoms with Crippen LogP contribution in [0.25, 0.3) is 11.3 Å². The van der Waals surface area contributed by atoms with Gasteiger partial charge in [-0.15, -0.1) is 0 Å². The van der Waals surface area contributed by atoms with E-state index in [0.717, 1.165) is 53.5 Å². The number of aromatic nitrogens is 1. The molecule has 1 aromatic carbocycles. The van der Waals surface area contributed by atoms with Crippen molar-refractivity contribution in [1.82, 2.24) is 9.88 Å². The summed E-state index contributed by atoms with van der Waals surface area (Å²) in [5.74, 6) is 0.707. The molecule has 0 aliphatic heterocycles. The average Bonchev–Trinajstić information content (AvgIpc) is 3.00. The third-order valence-electron chi connectivity index (χ3n) is 5.74. The maximum atomic E-state index is 12.8. The Kier molecular flexibility index (Phi) is 7.01. The van der Waals surface area contributed by atoms with E-state index in [9.17, 15) is 4.79 Å². The molecule has 1 N–H and O–H groups in total. The summed E-state index contributed by atoms with van der Waals surface area (Å²) >= 11 is 6.50. The van der Waals surface area contributed by atoms with E-state index in [2.05, 4.69) is 23.7 Å². The molecule has 0 saturated heterocycles. The van der Waals surface area contributed by atoms with Gasteiger partial charge in [0.2, 0.25) is 0 Å². The lowest BCUT2D eigenvalue weighted by molar-refractivity contribution is 0.0952. The number of hydrogen-bond donors (Lipinski definition) is 1. The number of hydrogen-bond acceptors (Lipinski definition) is 1. The van der Waals surface area contributed by atoms with Crippen LogP contribution in [0.2, 0.25) is 5.02 Å². The fourth-order valence-corrected chi connectivity index (χ4v) is 4.34. The number of rotatable bonds is 7. The first-order valence-corrected chi connectivity index (χ1v) is 10.7. The molecule has 27 heavy (non-hydrogen) atoms. The van der Waals surface area contributed by atoms with Gasteiger partial charge in [0.1, 0.15) is 0 Å². The van der Waals surface area contributed by atoms with E-state index in [-0.39, 0.29) is 5.91 Å². The molecule has 1 amide bonds. The molecule has 146 valence electrons. The third kappa shape index (κ3) is 4.76. The number of nitrogens with one attached hydrogen (secondary N) is 1. The van der Waals surface area contributed by atoms with Crippen molar-refractivity contribution in [3.8, 4) is 11.3 Å². The summed E-state index contributed by atoms with van der Waals surface area (Å²) in [7, 11) is 0. The van der Waals surface area contributed by atoms with Crippen LogP contribution >= 0.6 is 11.6 Å². The molecule has 0 spiro atoms. The molecular formula is C23H31ClN2O. The van der Waals surface area contributed by atoms with Gasteiger partial charge in [0.25, 0.3) is 5.91 Å². The summed E-state index contributed by atoms with van der Waals surface area (Å²) in [6, 6.07) is 9.96. The van der Waals surface area contributed by atoms with Crippen LogP contribution in [0.4, 0.5) is 0 Å². The number of carbonyl (C=O) groups is 1. The van der Waals surface area contributed by atoms with Gasteiger partial charge in [-0.25, -0.2) is 0 Å². The number of unbranched alkanes of at least 4 members (excludes halogenated alkanes) is 1. The van der Waals surface area contributed by atoms with E-state index in [1.54, 1.807) is 0 Å². The van der Waals surface area contributed by atoms with E-state index in [1.165, 1.54) is 32.1 Å². The third-order valence-corrected chi connectivity index (χ3v) is 6.07. The van der Waals surface area contributed by atoms with Crippen molar-refractivity contribution < 1.29 is 4.79 Å². The quantitative estimate of drug-likeness (QED) is 0.562. The minimum Gasteiger partial charge on any atom is -0.352 e. The van der Waals surface area contributed by atoms with E-state index < -0.39 is 0 Å². The van der Waals surface area contributed by atoms with Gasteiger partial charge in [0.05, 0.1) is 11.3 Å². The van der Waals surface area contributed by atoms with Gasteiger partial charge >= 0.3 is 0 Å². The second-order valence-corrected chi connectivity index (χ2v) is 8.14. The highest BCUT2D eigenvalue weighted by molar-refractivity contribution is 6.33. The topological polar surface area (TPSA) is 34.0 Å². The largest absolute Gasteiger partial charge is 0.352 e.